The van der Waals surface area contributed by atoms with Crippen LogP contribution in [-0.2, 0) is 6.54 Å². The molecule has 5 rings (SSSR count). The fourth-order valence-corrected chi connectivity index (χ4v) is 4.81. The van der Waals surface area contributed by atoms with Crippen molar-refractivity contribution >= 4 is 22.8 Å². The number of fused-ring (bicyclic) bond motifs is 1. The van der Waals surface area contributed by atoms with E-state index in [1.807, 2.05) is 31.2 Å². The predicted octanol–water partition coefficient (Wildman–Crippen LogP) is 1.05. The summed E-state index contributed by atoms with van der Waals surface area (Å²) in [6, 6.07) is 7.73. The number of rotatable bonds is 4. The van der Waals surface area contributed by atoms with Crippen LogP contribution in [0.2, 0.25) is 0 Å². The Morgan fingerprint density at radius 1 is 1.06 bits per heavy atom. The number of carboxylic acid groups (broad SMARTS) is 1. The van der Waals surface area contributed by atoms with Crippen LogP contribution in [0.4, 0.5) is 10.5 Å². The zero-order chi connectivity index (χ0) is 24.1. The fraction of sp³-hybridized carbons (Fsp3) is 0.478. The second-order valence-electron chi connectivity index (χ2n) is 9.65. The quantitative estimate of drug-likeness (QED) is 0.517. The summed E-state index contributed by atoms with van der Waals surface area (Å²) in [5, 5.41) is 34.9. The molecule has 34 heavy (non-hydrogen) atoms. The average molecular weight is 469 g/mol. The number of piperidine rings is 1. The van der Waals surface area contributed by atoms with E-state index in [2.05, 4.69) is 15.0 Å². The highest BCUT2D eigenvalue weighted by Crippen LogP contribution is 2.28. The van der Waals surface area contributed by atoms with E-state index in [9.17, 15) is 19.8 Å². The number of aliphatic hydroxyl groups is 2. The van der Waals surface area contributed by atoms with Crippen molar-refractivity contribution < 1.29 is 20.1 Å². The molecule has 2 aliphatic rings. The van der Waals surface area contributed by atoms with Gasteiger partial charge in [-0.1, -0.05) is 0 Å². The molecule has 1 atom stereocenters. The summed E-state index contributed by atoms with van der Waals surface area (Å²) in [5.41, 5.74) is 0.0368. The number of hydrogen-bond acceptors (Lipinski definition) is 7. The van der Waals surface area contributed by atoms with Gasteiger partial charge in [0.25, 0.3) is 5.56 Å². The molecule has 2 aliphatic heterocycles. The minimum atomic E-state index is -1.17. The van der Waals surface area contributed by atoms with Gasteiger partial charge in [-0.3, -0.25) is 9.36 Å². The number of carbonyl (C=O) groups is 1. The fourth-order valence-electron chi connectivity index (χ4n) is 4.81. The highest BCUT2D eigenvalue weighted by atomic mass is 16.4. The first kappa shape index (κ1) is 22.4. The van der Waals surface area contributed by atoms with Gasteiger partial charge < -0.3 is 25.1 Å². The maximum absolute atomic E-state index is 13.1. The van der Waals surface area contributed by atoms with Gasteiger partial charge in [-0.15, -0.1) is 0 Å². The van der Waals surface area contributed by atoms with Gasteiger partial charge in [0, 0.05) is 31.9 Å². The summed E-state index contributed by atoms with van der Waals surface area (Å²) in [7, 11) is 0. The topological polar surface area (TPSA) is 137 Å². The van der Waals surface area contributed by atoms with Crippen LogP contribution in [0.3, 0.4) is 0 Å². The van der Waals surface area contributed by atoms with Crippen molar-refractivity contribution in [3.63, 3.8) is 0 Å². The number of nitrogens with zero attached hydrogens (tertiary/aromatic N) is 6. The third-order valence-corrected chi connectivity index (χ3v) is 6.90. The Labute approximate surface area is 195 Å². The van der Waals surface area contributed by atoms with E-state index in [4.69, 9.17) is 5.11 Å². The summed E-state index contributed by atoms with van der Waals surface area (Å²) >= 11 is 0. The van der Waals surface area contributed by atoms with Gasteiger partial charge in [0.1, 0.15) is 11.7 Å². The zero-order valence-electron chi connectivity index (χ0n) is 19.0. The highest BCUT2D eigenvalue weighted by molar-refractivity contribution is 5.75. The lowest BCUT2D eigenvalue weighted by Gasteiger charge is -2.37. The maximum Gasteiger partial charge on any atom is 0.407 e. The molecule has 0 saturated carbocycles. The first-order valence-electron chi connectivity index (χ1n) is 11.4. The number of β-amino-alcohol motifs (C(OH)–C–C–N with tert-alkyl or cyclic N) is 1. The van der Waals surface area contributed by atoms with Crippen LogP contribution in [0, 0.1) is 0 Å². The molecule has 3 aromatic rings. The van der Waals surface area contributed by atoms with E-state index in [0.29, 0.717) is 17.6 Å². The Morgan fingerprint density at radius 2 is 1.74 bits per heavy atom. The van der Waals surface area contributed by atoms with Crippen molar-refractivity contribution in [2.75, 3.05) is 31.1 Å². The molecular formula is C23H28N6O5. The van der Waals surface area contributed by atoms with Gasteiger partial charge >= 0.3 is 6.09 Å². The first-order valence-corrected chi connectivity index (χ1v) is 11.4. The van der Waals surface area contributed by atoms with Crippen molar-refractivity contribution in [3.05, 3.63) is 47.1 Å². The normalized spacial score (nSPS) is 22.4. The lowest BCUT2D eigenvalue weighted by Crippen LogP contribution is -2.49. The van der Waals surface area contributed by atoms with Crippen LogP contribution >= 0.6 is 0 Å². The third kappa shape index (κ3) is 4.12. The van der Waals surface area contributed by atoms with Crippen LogP contribution < -0.4 is 10.5 Å². The minimum Gasteiger partial charge on any atom is -0.465 e. The van der Waals surface area contributed by atoms with E-state index >= 15 is 0 Å². The molecule has 11 heteroatoms. The highest BCUT2D eigenvalue weighted by Gasteiger charge is 2.35. The summed E-state index contributed by atoms with van der Waals surface area (Å²) < 4.78 is 2.97. The monoisotopic (exact) mass is 468 g/mol. The molecule has 1 aromatic carbocycles. The van der Waals surface area contributed by atoms with Gasteiger partial charge in [-0.25, -0.2) is 14.5 Å². The van der Waals surface area contributed by atoms with Crippen molar-refractivity contribution in [1.82, 2.24) is 24.2 Å². The Morgan fingerprint density at radius 3 is 2.35 bits per heavy atom. The SMILES string of the molecule is CC1(O)CCN(c2ccc(-n3ncc4c(=O)n(CC5(O)CCN(C(=O)O)CC5)cnc43)cc2)C1. The minimum absolute atomic E-state index is 0.0434. The van der Waals surface area contributed by atoms with Gasteiger partial charge in [0.15, 0.2) is 5.65 Å². The van der Waals surface area contributed by atoms with E-state index in [1.54, 1.807) is 4.68 Å². The molecule has 180 valence electrons. The Bertz CT molecular complexity index is 1270. The van der Waals surface area contributed by atoms with Crippen LogP contribution in [0.25, 0.3) is 16.7 Å². The van der Waals surface area contributed by atoms with E-state index in [1.165, 1.54) is 22.0 Å². The van der Waals surface area contributed by atoms with Crippen LogP contribution in [-0.4, -0.2) is 83.0 Å². The molecule has 1 amide bonds. The van der Waals surface area contributed by atoms with Gasteiger partial charge in [-0.2, -0.15) is 5.10 Å². The Kier molecular flexibility index (Phi) is 5.33. The standard InChI is InChI=1S/C23H28N6O5/c1-22(33)6-9-27(13-22)16-2-4-17(5-3-16)29-19-18(12-25-29)20(30)28(15-24-19)14-23(34)7-10-26(11-8-23)21(31)32/h2-5,12,15,33-34H,6-11,13-14H2,1H3,(H,31,32). The van der Waals surface area contributed by atoms with Gasteiger partial charge in [-0.05, 0) is 50.5 Å². The molecule has 2 saturated heterocycles. The molecule has 2 aromatic heterocycles. The van der Waals surface area contributed by atoms with Crippen LogP contribution in [0.15, 0.2) is 41.6 Å². The molecule has 0 aliphatic carbocycles. The van der Waals surface area contributed by atoms with E-state index in [-0.39, 0.29) is 38.0 Å². The molecular weight excluding hydrogens is 440 g/mol. The molecule has 4 heterocycles. The maximum atomic E-state index is 13.1. The summed E-state index contributed by atoms with van der Waals surface area (Å²) in [6.45, 7) is 3.70. The van der Waals surface area contributed by atoms with Gasteiger partial charge in [0.05, 0.1) is 29.6 Å². The Hall–Kier alpha value is -3.44. The van der Waals surface area contributed by atoms with E-state index < -0.39 is 17.3 Å². The average Bonchev–Trinajstić information content (AvgIpc) is 3.39. The smallest absolute Gasteiger partial charge is 0.407 e. The summed E-state index contributed by atoms with van der Waals surface area (Å²) in [4.78, 5) is 32.0. The Balaban J connectivity index is 1.36. The second-order valence-corrected chi connectivity index (χ2v) is 9.65. The number of anilines is 1. The lowest BCUT2D eigenvalue weighted by molar-refractivity contribution is -0.0304. The zero-order valence-corrected chi connectivity index (χ0v) is 19.0. The summed E-state index contributed by atoms with van der Waals surface area (Å²) in [5.74, 6) is 0. The molecule has 0 radical (unpaired) electrons. The molecule has 3 N–H and O–H groups in total. The number of amides is 1. The van der Waals surface area contributed by atoms with Crippen molar-refractivity contribution in [2.45, 2.75) is 43.9 Å². The largest absolute Gasteiger partial charge is 0.465 e. The number of likely N-dealkylation sites (tertiary alicyclic amines) is 1. The summed E-state index contributed by atoms with van der Waals surface area (Å²) in [6.07, 6.45) is 3.11. The predicted molar refractivity (Wildman–Crippen MR) is 124 cm³/mol. The van der Waals surface area contributed by atoms with Crippen molar-refractivity contribution in [2.24, 2.45) is 0 Å². The molecule has 0 spiro atoms. The van der Waals surface area contributed by atoms with Crippen LogP contribution in [0.1, 0.15) is 26.2 Å². The second kappa shape index (κ2) is 8.10. The number of benzene rings is 1. The van der Waals surface area contributed by atoms with E-state index in [0.717, 1.165) is 24.3 Å². The lowest BCUT2D eigenvalue weighted by atomic mass is 9.91. The van der Waals surface area contributed by atoms with Crippen molar-refractivity contribution in [1.29, 1.82) is 0 Å². The number of aromatic nitrogens is 4. The number of hydrogen-bond donors (Lipinski definition) is 3. The van der Waals surface area contributed by atoms with Crippen LogP contribution in [0.5, 0.6) is 0 Å². The molecule has 11 nitrogen and oxygen atoms in total. The molecule has 2 fully saturated rings. The third-order valence-electron chi connectivity index (χ3n) is 6.90. The molecule has 1 unspecified atom stereocenters. The van der Waals surface area contributed by atoms with Gasteiger partial charge in [0.2, 0.25) is 0 Å². The first-order chi connectivity index (χ1) is 16.1. The van der Waals surface area contributed by atoms with Crippen molar-refractivity contribution in [3.8, 4) is 5.69 Å². The molecule has 0 bridgehead atoms.